The highest BCUT2D eigenvalue weighted by Gasteiger charge is 2.54. The highest BCUT2D eigenvalue weighted by molar-refractivity contribution is 6.47. The number of allylic oxidation sites excluding steroid dienone is 3. The Morgan fingerprint density at radius 3 is 2.47 bits per heavy atom. The van der Waals surface area contributed by atoms with Gasteiger partial charge < -0.3 is 23.5 Å². The molecule has 0 saturated carbocycles. The minimum Gasteiger partial charge on any atom is -0.488 e. The summed E-state index contributed by atoms with van der Waals surface area (Å²) in [6, 6.07) is 0. The second-order valence-electron chi connectivity index (χ2n) is 10.3. The lowest BCUT2D eigenvalue weighted by Gasteiger charge is -2.32. The van der Waals surface area contributed by atoms with Gasteiger partial charge in [0.25, 0.3) is 0 Å². The summed E-state index contributed by atoms with van der Waals surface area (Å²) < 4.78 is 83.7. The van der Waals surface area contributed by atoms with Crippen LogP contribution in [-0.4, -0.2) is 64.4 Å². The zero-order chi connectivity index (χ0) is 28.3. The molecule has 9 nitrogen and oxygen atoms in total. The van der Waals surface area contributed by atoms with E-state index in [4.69, 9.17) is 23.5 Å². The summed E-state index contributed by atoms with van der Waals surface area (Å²) in [6.45, 7) is 11.6. The van der Waals surface area contributed by atoms with Crippen LogP contribution in [0.2, 0.25) is 0 Å². The van der Waals surface area contributed by atoms with Gasteiger partial charge in [0.05, 0.1) is 16.9 Å². The molecule has 3 rings (SSSR count). The van der Waals surface area contributed by atoms with Gasteiger partial charge in [0.1, 0.15) is 18.4 Å². The van der Waals surface area contributed by atoms with Gasteiger partial charge in [0.15, 0.2) is 18.7 Å². The smallest absolute Gasteiger partial charge is 0.488 e. The second kappa shape index (κ2) is 11.9. The van der Waals surface area contributed by atoms with E-state index in [9.17, 15) is 18.0 Å². The van der Waals surface area contributed by atoms with Crippen LogP contribution in [0.5, 0.6) is 0 Å². The number of nitrogens with zero attached hydrogens (tertiary/aromatic N) is 3. The maximum atomic E-state index is 15.2. The first-order valence-electron chi connectivity index (χ1n) is 12.6. The number of rotatable bonds is 11. The highest BCUT2D eigenvalue weighted by atomic mass is 19.4. The molecule has 2 aliphatic heterocycles. The Kier molecular flexibility index (Phi) is 9.54. The second-order valence-corrected chi connectivity index (χ2v) is 10.3. The molecule has 0 aromatic carbocycles. The molecular formula is C24H36BF4N3O6. The van der Waals surface area contributed by atoms with Crippen molar-refractivity contribution in [1.29, 1.82) is 0 Å². The molecule has 38 heavy (non-hydrogen) atoms. The maximum Gasteiger partial charge on any atom is 0.495 e. The molecule has 2 unspecified atom stereocenters. The van der Waals surface area contributed by atoms with E-state index in [1.165, 1.54) is 4.57 Å². The maximum absolute atomic E-state index is 15.2. The third kappa shape index (κ3) is 7.48. The molecule has 1 aromatic rings. The van der Waals surface area contributed by atoms with Gasteiger partial charge >= 0.3 is 19.0 Å². The predicted molar refractivity (Wildman–Crippen MR) is 132 cm³/mol. The van der Waals surface area contributed by atoms with Crippen molar-refractivity contribution in [2.24, 2.45) is 0 Å². The fourth-order valence-electron chi connectivity index (χ4n) is 3.96. The van der Waals surface area contributed by atoms with Crippen LogP contribution in [0.15, 0.2) is 23.2 Å². The Hall–Kier alpha value is -2.16. The fourth-order valence-corrected chi connectivity index (χ4v) is 3.96. The molecule has 3 heterocycles. The van der Waals surface area contributed by atoms with Crippen LogP contribution in [0.1, 0.15) is 66.1 Å². The van der Waals surface area contributed by atoms with Crippen molar-refractivity contribution in [1.82, 2.24) is 14.3 Å². The molecule has 1 aromatic heterocycles. The van der Waals surface area contributed by atoms with Crippen LogP contribution >= 0.6 is 0 Å². The largest absolute Gasteiger partial charge is 0.495 e. The van der Waals surface area contributed by atoms with E-state index in [1.807, 2.05) is 0 Å². The van der Waals surface area contributed by atoms with E-state index in [2.05, 4.69) is 11.7 Å². The molecule has 2 fully saturated rings. The van der Waals surface area contributed by atoms with Crippen LogP contribution in [0.3, 0.4) is 0 Å². The average molecular weight is 549 g/mol. The van der Waals surface area contributed by atoms with Crippen molar-refractivity contribution >= 4 is 12.8 Å². The summed E-state index contributed by atoms with van der Waals surface area (Å²) in [6.07, 6.45) is -3.83. The summed E-state index contributed by atoms with van der Waals surface area (Å²) >= 11 is 0. The Balaban J connectivity index is 1.79. The summed E-state index contributed by atoms with van der Waals surface area (Å²) in [7, 11) is -1.32. The van der Waals surface area contributed by atoms with Gasteiger partial charge in [-0.25, -0.2) is 9.18 Å². The van der Waals surface area contributed by atoms with Crippen LogP contribution in [0.4, 0.5) is 17.6 Å². The summed E-state index contributed by atoms with van der Waals surface area (Å²) in [5.41, 5.74) is -2.33. The highest BCUT2D eigenvalue weighted by Crippen LogP contribution is 2.39. The van der Waals surface area contributed by atoms with E-state index in [0.29, 0.717) is 12.4 Å². The third-order valence-electron chi connectivity index (χ3n) is 6.78. The van der Waals surface area contributed by atoms with Crippen LogP contribution in [-0.2, 0) is 36.7 Å². The van der Waals surface area contributed by atoms with E-state index in [-0.39, 0.29) is 24.6 Å². The van der Waals surface area contributed by atoms with Gasteiger partial charge in [-0.15, -0.1) is 5.10 Å². The molecule has 214 valence electrons. The number of hydrogen-bond donors (Lipinski definition) is 0. The lowest BCUT2D eigenvalue weighted by Crippen LogP contribution is -2.41. The van der Waals surface area contributed by atoms with Crippen molar-refractivity contribution in [3.8, 4) is 0 Å². The van der Waals surface area contributed by atoms with E-state index < -0.39 is 55.6 Å². The minimum absolute atomic E-state index is 0.0103. The first-order valence-corrected chi connectivity index (χ1v) is 12.6. The average Bonchev–Trinajstić information content (AvgIpc) is 3.27. The number of ether oxygens (including phenoxy) is 3. The molecule has 0 radical (unpaired) electrons. The van der Waals surface area contributed by atoms with E-state index in [0.717, 1.165) is 30.0 Å². The zero-order valence-electron chi connectivity index (χ0n) is 22.5. The first kappa shape index (κ1) is 30.4. The minimum atomic E-state index is -4.66. The zero-order valence-corrected chi connectivity index (χ0v) is 22.5. The molecule has 14 heteroatoms. The quantitative estimate of drug-likeness (QED) is 0.175. The Labute approximate surface area is 219 Å². The molecule has 0 N–H and O–H groups in total. The Morgan fingerprint density at radius 1 is 1.26 bits per heavy atom. The SMILES string of the molecule is C=C(/C=C(\CC(F)B1OC(C)(C)C(C)(C)O1)OCC(F)(F)F)n1nc(COC2CCCCO2)n(CC)c1=O. The van der Waals surface area contributed by atoms with Crippen molar-refractivity contribution < 1.29 is 41.1 Å². The van der Waals surface area contributed by atoms with Gasteiger partial charge in [0.2, 0.25) is 0 Å². The van der Waals surface area contributed by atoms with Crippen molar-refractivity contribution in [2.45, 2.75) is 103 Å². The predicted octanol–water partition coefficient (Wildman–Crippen LogP) is 4.40. The monoisotopic (exact) mass is 549 g/mol. The number of hydrogen-bond acceptors (Lipinski definition) is 7. The summed E-state index contributed by atoms with van der Waals surface area (Å²) in [5.74, 6) is -0.0968. The van der Waals surface area contributed by atoms with Gasteiger partial charge in [0, 0.05) is 25.6 Å². The summed E-state index contributed by atoms with van der Waals surface area (Å²) in [5, 5.41) is 4.24. The molecule has 0 bridgehead atoms. The molecule has 0 spiro atoms. The normalized spacial score (nSPS) is 22.5. The van der Waals surface area contributed by atoms with Crippen molar-refractivity contribution in [3.05, 3.63) is 34.7 Å². The number of aromatic nitrogens is 3. The molecule has 0 amide bonds. The Morgan fingerprint density at radius 2 is 1.92 bits per heavy atom. The molecule has 2 saturated heterocycles. The van der Waals surface area contributed by atoms with Crippen molar-refractivity contribution in [2.75, 3.05) is 13.2 Å². The van der Waals surface area contributed by atoms with Gasteiger partial charge in [-0.3, -0.25) is 4.57 Å². The summed E-state index contributed by atoms with van der Waals surface area (Å²) in [4.78, 5) is 12.9. The van der Waals surface area contributed by atoms with E-state index in [1.54, 1.807) is 34.6 Å². The van der Waals surface area contributed by atoms with Crippen LogP contribution in [0.25, 0.3) is 5.70 Å². The lowest BCUT2D eigenvalue weighted by atomic mass is 9.80. The van der Waals surface area contributed by atoms with Crippen LogP contribution in [0, 0.1) is 0 Å². The molecule has 2 aliphatic rings. The van der Waals surface area contributed by atoms with Gasteiger partial charge in [-0.05, 0) is 53.9 Å². The lowest BCUT2D eigenvalue weighted by molar-refractivity contribution is -0.170. The third-order valence-corrected chi connectivity index (χ3v) is 6.78. The standard InChI is InChI=1S/C24H36BF4N3O6/c1-7-31-19(14-35-20-10-8-9-11-34-20)30-32(21(31)33)16(2)12-17(36-15-24(27,28)29)13-18(26)25-37-22(3,4)23(5,6)38-25/h12,18,20H,2,7-11,13-15H2,1,3-6H3/b17-12+. The number of alkyl halides is 4. The van der Waals surface area contributed by atoms with Gasteiger partial charge in [-0.2, -0.15) is 17.9 Å². The molecular weight excluding hydrogens is 513 g/mol. The van der Waals surface area contributed by atoms with E-state index >= 15 is 4.39 Å². The topological polar surface area (TPSA) is 86.0 Å². The van der Waals surface area contributed by atoms with Crippen molar-refractivity contribution in [3.63, 3.8) is 0 Å². The van der Waals surface area contributed by atoms with Crippen LogP contribution < -0.4 is 5.69 Å². The molecule has 2 atom stereocenters. The first-order chi connectivity index (χ1) is 17.6. The number of halogens is 4. The molecule has 0 aliphatic carbocycles. The fraction of sp³-hybridized carbons (Fsp3) is 0.750. The Bertz CT molecular complexity index is 1050. The van der Waals surface area contributed by atoms with Gasteiger partial charge in [-0.1, -0.05) is 6.58 Å².